The second kappa shape index (κ2) is 13.6. The van der Waals surface area contributed by atoms with Gasteiger partial charge < -0.3 is 19.5 Å². The average molecular weight is 540 g/mol. The lowest BCUT2D eigenvalue weighted by Crippen LogP contribution is -2.35. The van der Waals surface area contributed by atoms with Gasteiger partial charge in [-0.3, -0.25) is 9.59 Å². The Morgan fingerprint density at radius 2 is 1.57 bits per heavy atom. The number of esters is 1. The molecule has 4 aromatic rings. The summed E-state index contributed by atoms with van der Waals surface area (Å²) in [5.74, 6) is -0.124. The maximum atomic E-state index is 12.6. The zero-order valence-electron chi connectivity index (χ0n) is 22.2. The predicted octanol–water partition coefficient (Wildman–Crippen LogP) is 4.74. The smallest absolute Gasteiger partial charge is 0.343 e. The summed E-state index contributed by atoms with van der Waals surface area (Å²) in [6, 6.07) is 24.5. The number of hydrogen-bond acceptors (Lipinski definition) is 7. The molecule has 0 saturated heterocycles. The quantitative estimate of drug-likeness (QED) is 0.123. The Hall–Kier alpha value is -5.18. The van der Waals surface area contributed by atoms with Crippen LogP contribution in [0.1, 0.15) is 40.1 Å². The number of hydrazone groups is 1. The molecule has 0 bridgehead atoms. The molecule has 0 aliphatic rings. The van der Waals surface area contributed by atoms with Crippen molar-refractivity contribution < 1.29 is 28.6 Å². The fraction of sp³-hybridized carbons (Fsp3) is 0.161. The molecule has 9 heteroatoms. The first kappa shape index (κ1) is 27.8. The lowest BCUT2D eigenvalue weighted by Gasteiger charge is -2.11. The van der Waals surface area contributed by atoms with Crippen molar-refractivity contribution in [3.05, 3.63) is 102 Å². The molecule has 0 atom stereocenters. The fourth-order valence-corrected chi connectivity index (χ4v) is 3.87. The molecule has 0 fully saturated rings. The molecule has 0 heterocycles. The molecule has 0 aliphatic heterocycles. The van der Waals surface area contributed by atoms with E-state index in [0.29, 0.717) is 41.4 Å². The number of benzene rings is 4. The Kier molecular flexibility index (Phi) is 9.44. The Balaban J connectivity index is 1.33. The monoisotopic (exact) mass is 539 g/mol. The van der Waals surface area contributed by atoms with Crippen LogP contribution < -0.4 is 25.0 Å². The second-order valence-electron chi connectivity index (χ2n) is 8.49. The van der Waals surface area contributed by atoms with Crippen molar-refractivity contribution in [2.45, 2.75) is 13.8 Å². The standard InChI is InChI=1S/C31H29N3O6/c1-3-38-24-15-13-23(14-16-24)31(37)40-27-17-12-21(18-28(27)39-4-2)19-33-34-29(35)20-32-30(36)26-11-7-9-22-8-5-6-10-25(22)26/h5-19H,3-4,20H2,1-2H3,(H,32,36)(H,34,35). The molecular formula is C31H29N3O6. The Morgan fingerprint density at radius 3 is 2.35 bits per heavy atom. The van der Waals surface area contributed by atoms with Crippen molar-refractivity contribution in [2.75, 3.05) is 19.8 Å². The van der Waals surface area contributed by atoms with Gasteiger partial charge in [0.15, 0.2) is 11.5 Å². The molecule has 0 radical (unpaired) electrons. The van der Waals surface area contributed by atoms with Crippen LogP contribution in [0.3, 0.4) is 0 Å². The zero-order chi connectivity index (χ0) is 28.3. The Labute approximate surface area is 231 Å². The van der Waals surface area contributed by atoms with Gasteiger partial charge in [0.05, 0.1) is 31.5 Å². The number of fused-ring (bicyclic) bond motifs is 1. The first-order chi connectivity index (χ1) is 19.5. The van der Waals surface area contributed by atoms with Gasteiger partial charge in [-0.15, -0.1) is 0 Å². The zero-order valence-corrected chi connectivity index (χ0v) is 22.2. The minimum Gasteiger partial charge on any atom is -0.494 e. The van der Waals surface area contributed by atoms with Gasteiger partial charge in [0.25, 0.3) is 11.8 Å². The van der Waals surface area contributed by atoms with Gasteiger partial charge in [0.2, 0.25) is 0 Å². The third kappa shape index (κ3) is 7.22. The van der Waals surface area contributed by atoms with Crippen LogP contribution in [0, 0.1) is 0 Å². The Morgan fingerprint density at radius 1 is 0.825 bits per heavy atom. The van der Waals surface area contributed by atoms with Crippen LogP contribution in [0.5, 0.6) is 17.2 Å². The van der Waals surface area contributed by atoms with Crippen LogP contribution in [0.25, 0.3) is 10.8 Å². The molecule has 0 aliphatic carbocycles. The van der Waals surface area contributed by atoms with E-state index in [1.807, 2.05) is 44.2 Å². The maximum absolute atomic E-state index is 12.6. The van der Waals surface area contributed by atoms with Crippen molar-refractivity contribution in [3.63, 3.8) is 0 Å². The van der Waals surface area contributed by atoms with Crippen molar-refractivity contribution in [1.29, 1.82) is 0 Å². The summed E-state index contributed by atoms with van der Waals surface area (Å²) in [6.45, 7) is 4.33. The molecule has 2 N–H and O–H groups in total. The number of nitrogens with one attached hydrogen (secondary N) is 2. The number of carbonyl (C=O) groups is 3. The number of carbonyl (C=O) groups excluding carboxylic acids is 3. The highest BCUT2D eigenvalue weighted by atomic mass is 16.6. The molecule has 204 valence electrons. The largest absolute Gasteiger partial charge is 0.494 e. The van der Waals surface area contributed by atoms with Gasteiger partial charge in [0, 0.05) is 5.56 Å². The molecule has 0 spiro atoms. The third-order valence-electron chi connectivity index (χ3n) is 5.72. The topological polar surface area (TPSA) is 115 Å². The molecule has 9 nitrogen and oxygen atoms in total. The number of hydrogen-bond donors (Lipinski definition) is 2. The normalized spacial score (nSPS) is 10.8. The lowest BCUT2D eigenvalue weighted by molar-refractivity contribution is -0.120. The predicted molar refractivity (Wildman–Crippen MR) is 152 cm³/mol. The number of rotatable bonds is 11. The highest BCUT2D eigenvalue weighted by molar-refractivity contribution is 6.07. The van der Waals surface area contributed by atoms with Crippen LogP contribution in [-0.4, -0.2) is 43.8 Å². The van der Waals surface area contributed by atoms with Crippen LogP contribution in [0.15, 0.2) is 90.0 Å². The van der Waals surface area contributed by atoms with E-state index in [0.717, 1.165) is 10.8 Å². The molecule has 4 aromatic carbocycles. The van der Waals surface area contributed by atoms with Crippen LogP contribution in [-0.2, 0) is 4.79 Å². The van der Waals surface area contributed by atoms with E-state index in [-0.39, 0.29) is 18.2 Å². The fourth-order valence-electron chi connectivity index (χ4n) is 3.87. The van der Waals surface area contributed by atoms with Crippen molar-refractivity contribution in [2.24, 2.45) is 5.10 Å². The van der Waals surface area contributed by atoms with Gasteiger partial charge in [-0.2, -0.15) is 5.10 Å². The Bertz CT molecular complexity index is 1530. The number of nitrogens with zero attached hydrogens (tertiary/aromatic N) is 1. The third-order valence-corrected chi connectivity index (χ3v) is 5.72. The highest BCUT2D eigenvalue weighted by Crippen LogP contribution is 2.29. The SMILES string of the molecule is CCOc1ccc(C(=O)Oc2ccc(C=NNC(=O)CNC(=O)c3cccc4ccccc34)cc2OCC)cc1. The van der Waals surface area contributed by atoms with Crippen LogP contribution in [0.4, 0.5) is 0 Å². The summed E-state index contributed by atoms with van der Waals surface area (Å²) >= 11 is 0. The van der Waals surface area contributed by atoms with E-state index in [9.17, 15) is 14.4 Å². The van der Waals surface area contributed by atoms with Crippen molar-refractivity contribution in [1.82, 2.24) is 10.7 Å². The summed E-state index contributed by atoms with van der Waals surface area (Å²) in [5, 5.41) is 8.31. The average Bonchev–Trinajstić information content (AvgIpc) is 2.97. The molecule has 0 saturated carbocycles. The highest BCUT2D eigenvalue weighted by Gasteiger charge is 2.14. The van der Waals surface area contributed by atoms with Gasteiger partial charge in [-0.25, -0.2) is 10.2 Å². The van der Waals surface area contributed by atoms with E-state index in [2.05, 4.69) is 15.8 Å². The van der Waals surface area contributed by atoms with Gasteiger partial charge >= 0.3 is 5.97 Å². The van der Waals surface area contributed by atoms with Gasteiger partial charge in [-0.1, -0.05) is 36.4 Å². The van der Waals surface area contributed by atoms with Crippen molar-refractivity contribution >= 4 is 34.8 Å². The van der Waals surface area contributed by atoms with Crippen LogP contribution >= 0.6 is 0 Å². The lowest BCUT2D eigenvalue weighted by atomic mass is 10.0. The summed E-state index contributed by atoms with van der Waals surface area (Å²) in [7, 11) is 0. The first-order valence-corrected chi connectivity index (χ1v) is 12.8. The van der Waals surface area contributed by atoms with E-state index in [1.54, 1.807) is 54.6 Å². The maximum Gasteiger partial charge on any atom is 0.343 e. The second-order valence-corrected chi connectivity index (χ2v) is 8.49. The van der Waals surface area contributed by atoms with Gasteiger partial charge in [0.1, 0.15) is 5.75 Å². The van der Waals surface area contributed by atoms with Gasteiger partial charge in [-0.05, 0) is 78.7 Å². The van der Waals surface area contributed by atoms with Crippen LogP contribution in [0.2, 0.25) is 0 Å². The van der Waals surface area contributed by atoms with E-state index in [1.165, 1.54) is 6.21 Å². The summed E-state index contributed by atoms with van der Waals surface area (Å²) in [6.07, 6.45) is 1.42. The summed E-state index contributed by atoms with van der Waals surface area (Å²) < 4.78 is 16.6. The van der Waals surface area contributed by atoms with E-state index in [4.69, 9.17) is 14.2 Å². The molecule has 4 rings (SSSR count). The minimum atomic E-state index is -0.539. The summed E-state index contributed by atoms with van der Waals surface area (Å²) in [5.41, 5.74) is 3.84. The van der Waals surface area contributed by atoms with E-state index >= 15 is 0 Å². The van der Waals surface area contributed by atoms with E-state index < -0.39 is 11.9 Å². The summed E-state index contributed by atoms with van der Waals surface area (Å²) in [4.78, 5) is 37.5. The number of ether oxygens (including phenoxy) is 3. The molecule has 0 aromatic heterocycles. The first-order valence-electron chi connectivity index (χ1n) is 12.8. The molecule has 0 unspecified atom stereocenters. The minimum absolute atomic E-state index is 0.246. The molecular weight excluding hydrogens is 510 g/mol. The number of amides is 2. The molecule has 2 amide bonds. The van der Waals surface area contributed by atoms with Crippen molar-refractivity contribution in [3.8, 4) is 17.2 Å². The molecule has 40 heavy (non-hydrogen) atoms.